The Balaban J connectivity index is 1.40. The van der Waals surface area contributed by atoms with Gasteiger partial charge in [0, 0.05) is 13.1 Å². The van der Waals surface area contributed by atoms with E-state index >= 15 is 0 Å². The minimum Gasteiger partial charge on any atom is -0.352 e. The van der Waals surface area contributed by atoms with Crippen molar-refractivity contribution >= 4 is 16.9 Å². The summed E-state index contributed by atoms with van der Waals surface area (Å²) in [5.74, 6) is 0.922. The van der Waals surface area contributed by atoms with Gasteiger partial charge in [0.05, 0.1) is 34.2 Å². The lowest BCUT2D eigenvalue weighted by molar-refractivity contribution is 0.0952. The molecule has 0 atom stereocenters. The van der Waals surface area contributed by atoms with Gasteiger partial charge in [-0.15, -0.1) is 0 Å². The molecule has 29 heavy (non-hydrogen) atoms. The second-order valence-electron chi connectivity index (χ2n) is 7.01. The summed E-state index contributed by atoms with van der Waals surface area (Å²) in [4.78, 5) is 17.3. The molecule has 0 unspecified atom stereocenters. The average Bonchev–Trinajstić information content (AvgIpc) is 3.32. The van der Waals surface area contributed by atoms with Crippen LogP contribution < -0.4 is 5.32 Å². The summed E-state index contributed by atoms with van der Waals surface area (Å²) in [5.41, 5.74) is 4.67. The number of nitrogens with zero attached hydrogens (tertiary/aromatic N) is 4. The fraction of sp³-hybridized carbons (Fsp3) is 0.261. The zero-order chi connectivity index (χ0) is 20.2. The lowest BCUT2D eigenvalue weighted by Crippen LogP contribution is -2.26. The molecule has 0 aliphatic heterocycles. The molecule has 0 spiro atoms. The number of aromatic nitrogens is 4. The van der Waals surface area contributed by atoms with Crippen molar-refractivity contribution in [3.05, 3.63) is 77.9 Å². The molecular formula is C23H25N5O. The number of imidazole rings is 1. The molecule has 0 bridgehead atoms. The van der Waals surface area contributed by atoms with Crippen LogP contribution in [-0.4, -0.2) is 31.8 Å². The van der Waals surface area contributed by atoms with Crippen molar-refractivity contribution in [1.82, 2.24) is 24.6 Å². The quantitative estimate of drug-likeness (QED) is 0.489. The Kier molecular flexibility index (Phi) is 5.42. The molecule has 6 heteroatoms. The van der Waals surface area contributed by atoms with E-state index in [4.69, 9.17) is 0 Å². The largest absolute Gasteiger partial charge is 0.352 e. The van der Waals surface area contributed by atoms with E-state index in [1.807, 2.05) is 67.1 Å². The minimum atomic E-state index is -0.0729. The number of rotatable bonds is 7. The van der Waals surface area contributed by atoms with Gasteiger partial charge in [0.2, 0.25) is 0 Å². The van der Waals surface area contributed by atoms with Gasteiger partial charge in [-0.1, -0.05) is 37.3 Å². The van der Waals surface area contributed by atoms with Crippen molar-refractivity contribution in [1.29, 1.82) is 0 Å². The third-order valence-corrected chi connectivity index (χ3v) is 5.14. The smallest absolute Gasteiger partial charge is 0.254 e. The van der Waals surface area contributed by atoms with Crippen LogP contribution in [0.4, 0.5) is 0 Å². The standard InChI is InChI=1S/C23H25N5O/c1-3-21-19(16-25-28(21)18-10-5-4-6-11-18)23(29)24-14-9-15-27-17(2)26-20-12-7-8-13-22(20)27/h4-8,10-13,16H,3,9,14-15H2,1-2H3,(H,24,29). The van der Waals surface area contributed by atoms with Gasteiger partial charge in [-0.25, -0.2) is 9.67 Å². The highest BCUT2D eigenvalue weighted by atomic mass is 16.1. The molecule has 2 aromatic heterocycles. The third kappa shape index (κ3) is 3.78. The molecule has 148 valence electrons. The first-order valence-corrected chi connectivity index (χ1v) is 10.0. The number of amides is 1. The Morgan fingerprint density at radius 1 is 1.07 bits per heavy atom. The van der Waals surface area contributed by atoms with Crippen LogP contribution in [0.1, 0.15) is 35.2 Å². The molecule has 0 saturated heterocycles. The maximum absolute atomic E-state index is 12.7. The molecule has 1 N–H and O–H groups in total. The molecule has 6 nitrogen and oxygen atoms in total. The van der Waals surface area contributed by atoms with Gasteiger partial charge in [0.15, 0.2) is 0 Å². The normalized spacial score (nSPS) is 11.1. The first kappa shape index (κ1) is 18.9. The predicted octanol–water partition coefficient (Wildman–Crippen LogP) is 3.91. The molecule has 2 aromatic carbocycles. The monoisotopic (exact) mass is 387 g/mol. The van der Waals surface area contributed by atoms with Crippen molar-refractivity contribution in [2.24, 2.45) is 0 Å². The van der Waals surface area contributed by atoms with Crippen molar-refractivity contribution in [3.63, 3.8) is 0 Å². The van der Waals surface area contributed by atoms with Gasteiger partial charge >= 0.3 is 0 Å². The van der Waals surface area contributed by atoms with E-state index in [-0.39, 0.29) is 5.91 Å². The topological polar surface area (TPSA) is 64.7 Å². The Hall–Kier alpha value is -3.41. The number of aryl methyl sites for hydroxylation is 2. The summed E-state index contributed by atoms with van der Waals surface area (Å²) in [7, 11) is 0. The van der Waals surface area contributed by atoms with Gasteiger partial charge < -0.3 is 9.88 Å². The van der Waals surface area contributed by atoms with Gasteiger partial charge in [-0.2, -0.15) is 5.10 Å². The fourth-order valence-corrected chi connectivity index (χ4v) is 3.71. The van der Waals surface area contributed by atoms with Crippen LogP contribution >= 0.6 is 0 Å². The van der Waals surface area contributed by atoms with Crippen LogP contribution in [-0.2, 0) is 13.0 Å². The maximum atomic E-state index is 12.7. The first-order valence-electron chi connectivity index (χ1n) is 10.0. The Morgan fingerprint density at radius 3 is 2.62 bits per heavy atom. The van der Waals surface area contributed by atoms with E-state index in [2.05, 4.69) is 26.0 Å². The van der Waals surface area contributed by atoms with Gasteiger partial charge in [0.25, 0.3) is 5.91 Å². The molecule has 0 fully saturated rings. The van der Waals surface area contributed by atoms with E-state index in [1.165, 1.54) is 0 Å². The number of hydrogen-bond donors (Lipinski definition) is 1. The van der Waals surface area contributed by atoms with Crippen LogP contribution in [0.2, 0.25) is 0 Å². The summed E-state index contributed by atoms with van der Waals surface area (Å²) in [6, 6.07) is 18.0. The highest BCUT2D eigenvalue weighted by molar-refractivity contribution is 5.95. The number of para-hydroxylation sites is 3. The summed E-state index contributed by atoms with van der Waals surface area (Å²) in [6.45, 7) is 5.48. The first-order chi connectivity index (χ1) is 14.2. The number of carbonyl (C=O) groups excluding carboxylic acids is 1. The molecule has 0 aliphatic carbocycles. The molecule has 0 saturated carbocycles. The fourth-order valence-electron chi connectivity index (χ4n) is 3.71. The summed E-state index contributed by atoms with van der Waals surface area (Å²) in [5, 5.41) is 7.48. The second kappa shape index (κ2) is 8.31. The molecule has 4 rings (SSSR count). The third-order valence-electron chi connectivity index (χ3n) is 5.14. The molecule has 2 heterocycles. The highest BCUT2D eigenvalue weighted by Gasteiger charge is 2.16. The van der Waals surface area contributed by atoms with Crippen LogP contribution in [0, 0.1) is 6.92 Å². The van der Waals surface area contributed by atoms with Crippen molar-refractivity contribution in [2.75, 3.05) is 6.54 Å². The Bertz CT molecular complexity index is 1130. The zero-order valence-corrected chi connectivity index (χ0v) is 16.8. The molecule has 1 amide bonds. The summed E-state index contributed by atoms with van der Waals surface area (Å²) in [6.07, 6.45) is 3.23. The lowest BCUT2D eigenvalue weighted by atomic mass is 10.2. The molecule has 0 radical (unpaired) electrons. The van der Waals surface area contributed by atoms with E-state index in [9.17, 15) is 4.79 Å². The highest BCUT2D eigenvalue weighted by Crippen LogP contribution is 2.17. The van der Waals surface area contributed by atoms with E-state index < -0.39 is 0 Å². The van der Waals surface area contributed by atoms with Crippen LogP contribution in [0.5, 0.6) is 0 Å². The van der Waals surface area contributed by atoms with Crippen molar-refractivity contribution in [3.8, 4) is 5.69 Å². The predicted molar refractivity (Wildman–Crippen MR) is 114 cm³/mol. The van der Waals surface area contributed by atoms with E-state index in [0.717, 1.165) is 47.6 Å². The van der Waals surface area contributed by atoms with Gasteiger partial charge in [-0.3, -0.25) is 4.79 Å². The zero-order valence-electron chi connectivity index (χ0n) is 16.8. The number of carbonyl (C=O) groups is 1. The number of nitrogens with one attached hydrogen (secondary N) is 1. The van der Waals surface area contributed by atoms with Gasteiger partial charge in [-0.05, 0) is 44.0 Å². The minimum absolute atomic E-state index is 0.0729. The number of fused-ring (bicyclic) bond motifs is 1. The second-order valence-corrected chi connectivity index (χ2v) is 7.01. The van der Waals surface area contributed by atoms with E-state index in [1.54, 1.807) is 6.20 Å². The van der Waals surface area contributed by atoms with Crippen LogP contribution in [0.3, 0.4) is 0 Å². The summed E-state index contributed by atoms with van der Waals surface area (Å²) >= 11 is 0. The number of benzene rings is 2. The maximum Gasteiger partial charge on any atom is 0.254 e. The van der Waals surface area contributed by atoms with Crippen LogP contribution in [0.15, 0.2) is 60.8 Å². The Morgan fingerprint density at radius 2 is 1.83 bits per heavy atom. The molecule has 4 aromatic rings. The van der Waals surface area contributed by atoms with Crippen molar-refractivity contribution in [2.45, 2.75) is 33.2 Å². The van der Waals surface area contributed by atoms with Crippen LogP contribution in [0.25, 0.3) is 16.7 Å². The molecular weight excluding hydrogens is 362 g/mol. The summed E-state index contributed by atoms with van der Waals surface area (Å²) < 4.78 is 4.04. The lowest BCUT2D eigenvalue weighted by Gasteiger charge is -2.10. The molecule has 0 aliphatic rings. The average molecular weight is 387 g/mol. The SMILES string of the molecule is CCc1c(C(=O)NCCCn2c(C)nc3ccccc32)cnn1-c1ccccc1. The van der Waals surface area contributed by atoms with Gasteiger partial charge in [0.1, 0.15) is 5.82 Å². The Labute approximate surface area is 170 Å². The number of hydrogen-bond acceptors (Lipinski definition) is 3. The van der Waals surface area contributed by atoms with E-state index in [0.29, 0.717) is 12.1 Å². The van der Waals surface area contributed by atoms with Crippen molar-refractivity contribution < 1.29 is 4.79 Å².